The van der Waals surface area contributed by atoms with Crippen LogP contribution in [0.15, 0.2) is 24.3 Å². The smallest absolute Gasteiger partial charge is 0.225 e. The van der Waals surface area contributed by atoms with E-state index in [0.717, 1.165) is 5.56 Å². The molecule has 0 saturated heterocycles. The molecule has 1 amide bonds. The number of rotatable bonds is 5. The summed E-state index contributed by atoms with van der Waals surface area (Å²) in [4.78, 5) is 11.5. The van der Waals surface area contributed by atoms with Crippen LogP contribution in [0.2, 0.25) is 0 Å². The molecular weight excluding hydrogens is 297 g/mol. The second kappa shape index (κ2) is 6.41. The predicted molar refractivity (Wildman–Crippen MR) is 73.7 cm³/mol. The molecule has 0 aliphatic rings. The summed E-state index contributed by atoms with van der Waals surface area (Å²) in [5, 5.41) is 2.59. The summed E-state index contributed by atoms with van der Waals surface area (Å²) in [6.45, 7) is 1.93. The second-order valence-corrected chi connectivity index (χ2v) is 7.61. The highest BCUT2D eigenvalue weighted by Crippen LogP contribution is 2.14. The summed E-state index contributed by atoms with van der Waals surface area (Å²) < 4.78 is 21.1. The van der Waals surface area contributed by atoms with Crippen molar-refractivity contribution in [2.75, 3.05) is 11.1 Å². The van der Waals surface area contributed by atoms with Crippen molar-refractivity contribution in [3.05, 3.63) is 29.8 Å². The number of carbonyl (C=O) groups excluding carboxylic acids is 1. The van der Waals surface area contributed by atoms with Crippen molar-refractivity contribution >= 4 is 44.6 Å². The van der Waals surface area contributed by atoms with Crippen LogP contribution in [-0.4, -0.2) is 24.2 Å². The number of nitrogens with one attached hydrogen (secondary N) is 1. The van der Waals surface area contributed by atoms with Crippen LogP contribution in [0.25, 0.3) is 0 Å². The topological polar surface area (TPSA) is 63.2 Å². The van der Waals surface area contributed by atoms with E-state index in [1.807, 2.05) is 19.1 Å². The number of carbonyl (C=O) groups is 1. The highest BCUT2D eigenvalue weighted by Gasteiger charge is 2.21. The van der Waals surface area contributed by atoms with E-state index in [1.165, 1.54) is 0 Å². The van der Waals surface area contributed by atoms with Gasteiger partial charge in [0.05, 0.1) is 5.75 Å². The van der Waals surface area contributed by atoms with Crippen molar-refractivity contribution in [2.45, 2.75) is 17.5 Å². The molecule has 0 aliphatic carbocycles. The quantitative estimate of drug-likeness (QED) is 0.850. The van der Waals surface area contributed by atoms with Gasteiger partial charge in [-0.05, 0) is 19.1 Å². The summed E-state index contributed by atoms with van der Waals surface area (Å²) >= 11 is 10.6. The summed E-state index contributed by atoms with van der Waals surface area (Å²) in [5.41, 5.74) is 1.69. The van der Waals surface area contributed by atoms with Crippen LogP contribution >= 0.6 is 23.2 Å². The molecule has 7 heteroatoms. The van der Waals surface area contributed by atoms with E-state index in [0.29, 0.717) is 5.69 Å². The lowest BCUT2D eigenvalue weighted by Crippen LogP contribution is -2.20. The Kier molecular flexibility index (Phi) is 5.44. The minimum Gasteiger partial charge on any atom is -0.326 e. The highest BCUT2D eigenvalue weighted by molar-refractivity contribution is 7.94. The standard InChI is InChI=1S/C11H13Cl2NO3S/c1-8-2-4-9(5-3-8)14-10(15)6-7-18(16,17)11(12)13/h2-5,11H,6-7H2,1H3,(H,14,15). The fourth-order valence-electron chi connectivity index (χ4n) is 1.18. The molecule has 0 saturated carbocycles. The fraction of sp³-hybridized carbons (Fsp3) is 0.364. The van der Waals surface area contributed by atoms with Gasteiger partial charge >= 0.3 is 0 Å². The highest BCUT2D eigenvalue weighted by atomic mass is 35.5. The number of hydrogen-bond donors (Lipinski definition) is 1. The molecule has 0 fully saturated rings. The molecule has 18 heavy (non-hydrogen) atoms. The van der Waals surface area contributed by atoms with Gasteiger partial charge in [0, 0.05) is 12.1 Å². The molecule has 0 heterocycles. The maximum atomic E-state index is 11.5. The SMILES string of the molecule is Cc1ccc(NC(=O)CCS(=O)(=O)C(Cl)Cl)cc1. The zero-order valence-electron chi connectivity index (χ0n) is 9.69. The Hall–Kier alpha value is -0.780. The van der Waals surface area contributed by atoms with Crippen molar-refractivity contribution in [3.63, 3.8) is 0 Å². The van der Waals surface area contributed by atoms with E-state index >= 15 is 0 Å². The largest absolute Gasteiger partial charge is 0.326 e. The van der Waals surface area contributed by atoms with Crippen LogP contribution in [0.5, 0.6) is 0 Å². The predicted octanol–water partition coefficient (Wildman–Crippen LogP) is 2.50. The number of sulfone groups is 1. The maximum absolute atomic E-state index is 11.5. The zero-order valence-corrected chi connectivity index (χ0v) is 12.0. The number of alkyl halides is 2. The van der Waals surface area contributed by atoms with E-state index < -0.39 is 19.9 Å². The molecule has 0 aliphatic heterocycles. The number of benzene rings is 1. The van der Waals surface area contributed by atoms with Gasteiger partial charge in [-0.2, -0.15) is 0 Å². The lowest BCUT2D eigenvalue weighted by molar-refractivity contribution is -0.115. The monoisotopic (exact) mass is 309 g/mol. The summed E-state index contributed by atoms with van der Waals surface area (Å²) in [5.74, 6) is -0.765. The van der Waals surface area contributed by atoms with Gasteiger partial charge in [-0.15, -0.1) is 0 Å². The van der Waals surface area contributed by atoms with Gasteiger partial charge in [-0.1, -0.05) is 40.9 Å². The second-order valence-electron chi connectivity index (χ2n) is 3.79. The van der Waals surface area contributed by atoms with Gasteiger partial charge in [0.1, 0.15) is 0 Å². The van der Waals surface area contributed by atoms with Gasteiger partial charge in [-0.25, -0.2) is 8.42 Å². The Morgan fingerprint density at radius 3 is 2.33 bits per heavy atom. The molecule has 0 spiro atoms. The first-order valence-electron chi connectivity index (χ1n) is 5.17. The Morgan fingerprint density at radius 1 is 1.28 bits per heavy atom. The zero-order chi connectivity index (χ0) is 13.8. The lowest BCUT2D eigenvalue weighted by atomic mass is 10.2. The van der Waals surface area contributed by atoms with Crippen LogP contribution < -0.4 is 5.32 Å². The molecule has 1 aromatic carbocycles. The van der Waals surface area contributed by atoms with E-state index in [4.69, 9.17) is 23.2 Å². The number of amides is 1. The van der Waals surface area contributed by atoms with Crippen molar-refractivity contribution in [1.82, 2.24) is 0 Å². The molecule has 100 valence electrons. The first kappa shape index (κ1) is 15.3. The maximum Gasteiger partial charge on any atom is 0.225 e. The molecule has 0 aromatic heterocycles. The molecule has 1 aromatic rings. The third-order valence-electron chi connectivity index (χ3n) is 2.22. The number of hydrogen-bond acceptors (Lipinski definition) is 3. The fourth-order valence-corrected chi connectivity index (χ4v) is 2.37. The Bertz CT molecular complexity index is 512. The van der Waals surface area contributed by atoms with E-state index in [-0.39, 0.29) is 12.2 Å². The van der Waals surface area contributed by atoms with Crippen molar-refractivity contribution in [2.24, 2.45) is 0 Å². The third kappa shape index (κ3) is 4.84. The van der Waals surface area contributed by atoms with E-state index in [1.54, 1.807) is 12.1 Å². The van der Waals surface area contributed by atoms with Crippen LogP contribution in [0.1, 0.15) is 12.0 Å². The van der Waals surface area contributed by atoms with Gasteiger partial charge in [0.2, 0.25) is 10.1 Å². The Labute approximate surface area is 116 Å². The van der Waals surface area contributed by atoms with Crippen LogP contribution in [0.3, 0.4) is 0 Å². The van der Waals surface area contributed by atoms with Gasteiger partial charge in [0.25, 0.3) is 0 Å². The van der Waals surface area contributed by atoms with Crippen molar-refractivity contribution < 1.29 is 13.2 Å². The summed E-state index contributed by atoms with van der Waals surface area (Å²) in [6.07, 6.45) is -0.174. The molecule has 0 atom stereocenters. The Balaban J connectivity index is 2.50. The van der Waals surface area contributed by atoms with E-state index in [9.17, 15) is 13.2 Å². The molecule has 0 bridgehead atoms. The summed E-state index contributed by atoms with van der Waals surface area (Å²) in [6, 6.07) is 7.18. The Morgan fingerprint density at radius 2 is 1.83 bits per heavy atom. The van der Waals surface area contributed by atoms with Gasteiger partial charge in [0.15, 0.2) is 9.84 Å². The average Bonchev–Trinajstić information content (AvgIpc) is 2.29. The minimum absolute atomic E-state index is 0.174. The minimum atomic E-state index is -3.62. The van der Waals surface area contributed by atoms with E-state index in [2.05, 4.69) is 5.32 Å². The van der Waals surface area contributed by atoms with Crippen molar-refractivity contribution in [1.29, 1.82) is 0 Å². The van der Waals surface area contributed by atoms with Crippen LogP contribution in [-0.2, 0) is 14.6 Å². The first-order valence-corrected chi connectivity index (χ1v) is 7.76. The molecule has 1 rings (SSSR count). The number of aryl methyl sites for hydroxylation is 1. The van der Waals surface area contributed by atoms with Crippen molar-refractivity contribution in [3.8, 4) is 0 Å². The molecular formula is C11H13Cl2NO3S. The van der Waals surface area contributed by atoms with Crippen LogP contribution in [0.4, 0.5) is 5.69 Å². The van der Waals surface area contributed by atoms with Gasteiger partial charge < -0.3 is 5.32 Å². The first-order chi connectivity index (χ1) is 8.31. The normalized spacial score (nSPS) is 11.6. The molecule has 1 N–H and O–H groups in total. The number of anilines is 1. The summed E-state index contributed by atoms with van der Waals surface area (Å²) in [7, 11) is -3.62. The van der Waals surface area contributed by atoms with Crippen LogP contribution in [0, 0.1) is 6.92 Å². The molecule has 4 nitrogen and oxygen atoms in total. The third-order valence-corrected chi connectivity index (χ3v) is 5.17. The average molecular weight is 310 g/mol. The number of halogens is 2. The molecule has 0 radical (unpaired) electrons. The van der Waals surface area contributed by atoms with Gasteiger partial charge in [-0.3, -0.25) is 4.79 Å². The molecule has 0 unspecified atom stereocenters. The lowest BCUT2D eigenvalue weighted by Gasteiger charge is -2.06.